The number of allylic oxidation sites excluding steroid dienone is 16. The first-order valence-electron chi connectivity index (χ1n) is 33.4. The lowest BCUT2D eigenvalue weighted by molar-refractivity contribution is -0.870. The first-order valence-corrected chi connectivity index (χ1v) is 33.4. The van der Waals surface area contributed by atoms with Crippen molar-refractivity contribution in [2.24, 2.45) is 0 Å². The van der Waals surface area contributed by atoms with Crippen molar-refractivity contribution in [3.8, 4) is 0 Å². The Hall–Kier alpha value is -3.79. The Morgan fingerprint density at radius 1 is 0.383 bits per heavy atom. The Labute approximate surface area is 499 Å². The molecule has 0 fully saturated rings. The van der Waals surface area contributed by atoms with E-state index in [-0.39, 0.29) is 32.2 Å². The number of nitrogens with zero attached hydrogens (tertiary/aromatic N) is 1. The zero-order chi connectivity index (χ0) is 59.1. The van der Waals surface area contributed by atoms with Gasteiger partial charge in [0.1, 0.15) is 13.2 Å². The zero-order valence-electron chi connectivity index (χ0n) is 53.2. The largest absolute Gasteiger partial charge is 0.477 e. The molecule has 81 heavy (non-hydrogen) atoms. The molecule has 9 heteroatoms. The third-order valence-electron chi connectivity index (χ3n) is 14.3. The van der Waals surface area contributed by atoms with E-state index in [1.165, 1.54) is 161 Å². The highest BCUT2D eigenvalue weighted by Crippen LogP contribution is 2.17. The van der Waals surface area contributed by atoms with Gasteiger partial charge in [-0.25, -0.2) is 4.79 Å². The number of carboxylic acids is 1. The van der Waals surface area contributed by atoms with Crippen LogP contribution in [0, 0.1) is 0 Å². The van der Waals surface area contributed by atoms with E-state index in [1.807, 2.05) is 21.1 Å². The zero-order valence-corrected chi connectivity index (χ0v) is 53.2. The maximum Gasteiger partial charge on any atom is 0.361 e. The lowest BCUT2D eigenvalue weighted by Crippen LogP contribution is -2.40. The molecular weight excluding hydrogens is 1010 g/mol. The molecule has 2 unspecified atom stereocenters. The minimum atomic E-state index is -1.51. The Kier molecular flexibility index (Phi) is 59.3. The molecule has 0 saturated heterocycles. The number of likely N-dealkylation sites (N-methyl/N-ethyl adjacent to an activating group) is 1. The molecule has 0 aliphatic carbocycles. The third-order valence-corrected chi connectivity index (χ3v) is 14.3. The van der Waals surface area contributed by atoms with Gasteiger partial charge >= 0.3 is 17.9 Å². The van der Waals surface area contributed by atoms with Crippen molar-refractivity contribution in [2.45, 2.75) is 296 Å². The van der Waals surface area contributed by atoms with E-state index in [4.69, 9.17) is 18.9 Å². The van der Waals surface area contributed by atoms with Gasteiger partial charge in [-0.05, 0) is 96.3 Å². The van der Waals surface area contributed by atoms with Crippen LogP contribution in [0.2, 0.25) is 0 Å². The Bertz CT molecular complexity index is 1650. The number of unbranched alkanes of at least 4 members (excludes halogenated alkanes) is 30. The van der Waals surface area contributed by atoms with Crippen LogP contribution in [0.15, 0.2) is 97.2 Å². The average Bonchev–Trinajstić information content (AvgIpc) is 3.44. The molecule has 1 N–H and O–H groups in total. The van der Waals surface area contributed by atoms with Crippen molar-refractivity contribution in [1.82, 2.24) is 0 Å². The summed E-state index contributed by atoms with van der Waals surface area (Å²) in [6.07, 6.45) is 82.3. The summed E-state index contributed by atoms with van der Waals surface area (Å²) < 4.78 is 22.9. The first kappa shape index (κ1) is 77.2. The molecule has 0 aromatic rings. The second-order valence-electron chi connectivity index (χ2n) is 23.4. The predicted molar refractivity (Wildman–Crippen MR) is 345 cm³/mol. The van der Waals surface area contributed by atoms with Gasteiger partial charge in [0.2, 0.25) is 0 Å². The fourth-order valence-electron chi connectivity index (χ4n) is 9.23. The molecule has 0 aromatic heterocycles. The van der Waals surface area contributed by atoms with Gasteiger partial charge < -0.3 is 28.5 Å². The molecule has 0 aliphatic heterocycles. The molecule has 0 aromatic carbocycles. The molecule has 0 aliphatic rings. The number of esters is 2. The van der Waals surface area contributed by atoms with Crippen molar-refractivity contribution >= 4 is 17.9 Å². The summed E-state index contributed by atoms with van der Waals surface area (Å²) in [4.78, 5) is 37.5. The summed E-state index contributed by atoms with van der Waals surface area (Å²) in [7, 11) is 5.97. The van der Waals surface area contributed by atoms with Crippen LogP contribution in [0.4, 0.5) is 0 Å². The van der Waals surface area contributed by atoms with Crippen LogP contribution in [0.25, 0.3) is 0 Å². The average molecular weight is 1130 g/mol. The van der Waals surface area contributed by atoms with Crippen LogP contribution in [-0.2, 0) is 33.3 Å². The van der Waals surface area contributed by atoms with Gasteiger partial charge in [0.15, 0.2) is 6.10 Å². The van der Waals surface area contributed by atoms with Crippen LogP contribution in [0.3, 0.4) is 0 Å². The van der Waals surface area contributed by atoms with Crippen LogP contribution in [0.1, 0.15) is 284 Å². The van der Waals surface area contributed by atoms with Gasteiger partial charge in [0, 0.05) is 12.8 Å². The van der Waals surface area contributed by atoms with E-state index in [0.29, 0.717) is 17.4 Å². The number of carboxylic acid groups (broad SMARTS) is 1. The van der Waals surface area contributed by atoms with Gasteiger partial charge in [-0.2, -0.15) is 0 Å². The molecule has 0 rings (SSSR count). The van der Waals surface area contributed by atoms with Crippen molar-refractivity contribution in [3.05, 3.63) is 97.2 Å². The molecule has 0 radical (unpaired) electrons. The molecule has 0 heterocycles. The van der Waals surface area contributed by atoms with Crippen LogP contribution < -0.4 is 0 Å². The van der Waals surface area contributed by atoms with Crippen molar-refractivity contribution in [3.63, 3.8) is 0 Å². The molecular formula is C72H126NO8+. The molecule has 9 nitrogen and oxygen atoms in total. The second kappa shape index (κ2) is 62.3. The number of carbonyl (C=O) groups excluding carboxylic acids is 2. The van der Waals surface area contributed by atoms with Crippen molar-refractivity contribution in [2.75, 3.05) is 47.5 Å². The van der Waals surface area contributed by atoms with E-state index in [2.05, 4.69) is 111 Å². The minimum Gasteiger partial charge on any atom is -0.477 e. The molecule has 2 atom stereocenters. The van der Waals surface area contributed by atoms with E-state index in [1.54, 1.807) is 0 Å². The van der Waals surface area contributed by atoms with E-state index >= 15 is 0 Å². The number of hydrogen-bond donors (Lipinski definition) is 1. The molecule has 0 saturated carbocycles. The summed E-state index contributed by atoms with van der Waals surface area (Å²) in [5.74, 6) is -2.01. The quantitative estimate of drug-likeness (QED) is 0.0211. The predicted octanol–water partition coefficient (Wildman–Crippen LogP) is 20.5. The minimum absolute atomic E-state index is 0.185. The summed E-state index contributed by atoms with van der Waals surface area (Å²) >= 11 is 0. The summed E-state index contributed by atoms with van der Waals surface area (Å²) in [5.41, 5.74) is 0. The highest BCUT2D eigenvalue weighted by molar-refractivity contribution is 5.71. The van der Waals surface area contributed by atoms with Crippen LogP contribution >= 0.6 is 0 Å². The number of rotatable bonds is 61. The number of carbonyl (C=O) groups is 3. The summed E-state index contributed by atoms with van der Waals surface area (Å²) in [6, 6.07) is 0. The topological polar surface area (TPSA) is 108 Å². The highest BCUT2D eigenvalue weighted by Gasteiger charge is 2.25. The number of ether oxygens (including phenoxy) is 4. The van der Waals surface area contributed by atoms with Gasteiger partial charge in [0.05, 0.1) is 34.4 Å². The number of aliphatic carboxylic acids is 1. The van der Waals surface area contributed by atoms with Gasteiger partial charge in [0.25, 0.3) is 6.29 Å². The summed E-state index contributed by atoms with van der Waals surface area (Å²) in [6.45, 7) is 4.75. The first-order chi connectivity index (χ1) is 39.6. The monoisotopic (exact) mass is 1130 g/mol. The van der Waals surface area contributed by atoms with Gasteiger partial charge in [-0.15, -0.1) is 0 Å². The van der Waals surface area contributed by atoms with Gasteiger partial charge in [-0.1, -0.05) is 272 Å². The third kappa shape index (κ3) is 63.6. The van der Waals surface area contributed by atoms with Crippen LogP contribution in [-0.4, -0.2) is 87.4 Å². The standard InChI is InChI=1S/C72H125NO8/c1-6-8-10-12-14-16-18-20-22-24-25-26-27-28-29-30-31-32-33-34-35-36-37-38-39-40-41-42-43-44-45-47-49-51-53-55-57-59-61-63-70(75)81-68(67-80-72(71(76)77)78-65-64-73(3,4)5)66-79-69(74)62-60-58-56-54-52-50-48-46-23-21-19-17-15-13-11-9-7-2/h8,10,14-17,20-23,25-26,28-29,31-32,68,72H,6-7,9,11-13,18-19,24,27,30,33-67H2,1-5H3/p+1/b10-8-,16-14-,17-15-,22-20-,23-21-,26-25-,29-28-,32-31-. The Balaban J connectivity index is 4.03. The van der Waals surface area contributed by atoms with Crippen molar-refractivity contribution < 1.29 is 42.9 Å². The van der Waals surface area contributed by atoms with E-state index in [9.17, 15) is 19.5 Å². The highest BCUT2D eigenvalue weighted by atomic mass is 16.7. The maximum absolute atomic E-state index is 12.9. The molecule has 0 amide bonds. The smallest absolute Gasteiger partial charge is 0.361 e. The fourth-order valence-corrected chi connectivity index (χ4v) is 9.23. The second-order valence-corrected chi connectivity index (χ2v) is 23.4. The molecule has 466 valence electrons. The molecule has 0 bridgehead atoms. The van der Waals surface area contributed by atoms with Crippen molar-refractivity contribution in [1.29, 1.82) is 0 Å². The lowest BCUT2D eigenvalue weighted by Gasteiger charge is -2.25. The Morgan fingerprint density at radius 2 is 0.704 bits per heavy atom. The SMILES string of the molecule is CC/C=C\C/C=C\C/C=C\C/C=C\C/C=C\C/C=C\CCCCCCCCCCCCCCCCCCCCCCC(=O)OC(COC(=O)CCCCCCCCC/C=C\C/C=C\CCCCC)COC(OCC[N+](C)(C)C)C(=O)O. The Morgan fingerprint density at radius 3 is 1.05 bits per heavy atom. The van der Waals surface area contributed by atoms with E-state index in [0.717, 1.165) is 96.3 Å². The lowest BCUT2D eigenvalue weighted by atomic mass is 10.0. The number of quaternary nitrogens is 1. The fraction of sp³-hybridized carbons (Fsp3) is 0.736. The van der Waals surface area contributed by atoms with Crippen LogP contribution in [0.5, 0.6) is 0 Å². The molecule has 0 spiro atoms. The maximum atomic E-state index is 12.9. The van der Waals surface area contributed by atoms with Gasteiger partial charge in [-0.3, -0.25) is 9.59 Å². The normalized spacial score (nSPS) is 13.3. The summed E-state index contributed by atoms with van der Waals surface area (Å²) in [5, 5.41) is 9.72. The van der Waals surface area contributed by atoms with E-state index < -0.39 is 24.3 Å². The number of hydrogen-bond acceptors (Lipinski definition) is 7.